The zero-order valence-electron chi connectivity index (χ0n) is 12.9. The molecule has 6 heteroatoms. The quantitative estimate of drug-likeness (QED) is 0.902. The molecule has 0 aliphatic carbocycles. The van der Waals surface area contributed by atoms with Crippen LogP contribution in [0.2, 0.25) is 0 Å². The van der Waals surface area contributed by atoms with Crippen LogP contribution in [-0.4, -0.2) is 34.5 Å². The van der Waals surface area contributed by atoms with Crippen LogP contribution < -0.4 is 5.73 Å². The number of halogens is 1. The topological polar surface area (TPSA) is 83.6 Å². The molecule has 3 rings (SSSR count). The van der Waals surface area contributed by atoms with Crippen LogP contribution in [-0.2, 0) is 0 Å². The van der Waals surface area contributed by atoms with E-state index in [-0.39, 0.29) is 24.3 Å². The maximum atomic E-state index is 13.1. The molecule has 24 heavy (non-hydrogen) atoms. The summed E-state index contributed by atoms with van der Waals surface area (Å²) in [6, 6.07) is 11.7. The standard InChI is InChI=1S/C18H17FN2O3/c19-14-7-5-11(6-8-14)16-9-15(22)10-21(16)18(24)13-3-1-12(2-4-13)17(20)23/h1-8,15-16,22H,9-10H2,(H2,20,23)/t15-,16+/m1/s1. The van der Waals surface area contributed by atoms with Crippen molar-refractivity contribution < 1.29 is 19.1 Å². The summed E-state index contributed by atoms with van der Waals surface area (Å²) in [6.07, 6.45) is -0.231. The molecule has 1 fully saturated rings. The van der Waals surface area contributed by atoms with Crippen LogP contribution in [0.4, 0.5) is 4.39 Å². The van der Waals surface area contributed by atoms with Gasteiger partial charge in [0.25, 0.3) is 5.91 Å². The Hall–Kier alpha value is -2.73. The van der Waals surface area contributed by atoms with E-state index in [4.69, 9.17) is 5.73 Å². The summed E-state index contributed by atoms with van der Waals surface area (Å²) in [6.45, 7) is 0.207. The first-order valence-electron chi connectivity index (χ1n) is 7.60. The molecule has 1 aliphatic heterocycles. The molecule has 1 aliphatic rings. The maximum Gasteiger partial charge on any atom is 0.254 e. The van der Waals surface area contributed by atoms with E-state index in [9.17, 15) is 19.1 Å². The van der Waals surface area contributed by atoms with Gasteiger partial charge in [-0.2, -0.15) is 0 Å². The number of hydrogen-bond acceptors (Lipinski definition) is 3. The Morgan fingerprint density at radius 1 is 1.04 bits per heavy atom. The number of nitrogens with zero attached hydrogens (tertiary/aromatic N) is 1. The predicted molar refractivity (Wildman–Crippen MR) is 85.8 cm³/mol. The smallest absolute Gasteiger partial charge is 0.254 e. The Morgan fingerprint density at radius 2 is 1.62 bits per heavy atom. The monoisotopic (exact) mass is 328 g/mol. The summed E-state index contributed by atoms with van der Waals surface area (Å²) in [5.74, 6) is -1.16. The van der Waals surface area contributed by atoms with Crippen LogP contribution in [0.1, 0.15) is 38.7 Å². The maximum absolute atomic E-state index is 13.1. The van der Waals surface area contributed by atoms with Crippen LogP contribution in [0, 0.1) is 5.82 Å². The molecule has 2 amide bonds. The Morgan fingerprint density at radius 3 is 2.21 bits per heavy atom. The Kier molecular flexibility index (Phi) is 4.31. The third-order valence-electron chi connectivity index (χ3n) is 4.21. The van der Waals surface area contributed by atoms with Gasteiger partial charge < -0.3 is 15.7 Å². The predicted octanol–water partition coefficient (Wildman–Crippen LogP) is 1.87. The van der Waals surface area contributed by atoms with E-state index >= 15 is 0 Å². The first-order valence-corrected chi connectivity index (χ1v) is 7.60. The van der Waals surface area contributed by atoms with Crippen molar-refractivity contribution in [1.29, 1.82) is 0 Å². The summed E-state index contributed by atoms with van der Waals surface area (Å²) in [4.78, 5) is 25.4. The van der Waals surface area contributed by atoms with E-state index in [2.05, 4.69) is 0 Å². The molecule has 0 radical (unpaired) electrons. The second-order valence-electron chi connectivity index (χ2n) is 5.86. The van der Waals surface area contributed by atoms with Gasteiger partial charge in [0, 0.05) is 17.7 Å². The molecule has 3 N–H and O–H groups in total. The Labute approximate surface area is 138 Å². The number of hydrogen-bond donors (Lipinski definition) is 2. The lowest BCUT2D eigenvalue weighted by molar-refractivity contribution is 0.0715. The van der Waals surface area contributed by atoms with Gasteiger partial charge in [-0.3, -0.25) is 9.59 Å². The summed E-state index contributed by atoms with van der Waals surface area (Å²) >= 11 is 0. The number of aliphatic hydroxyl groups excluding tert-OH is 1. The highest BCUT2D eigenvalue weighted by molar-refractivity contribution is 5.97. The number of likely N-dealkylation sites (tertiary alicyclic amines) is 1. The number of β-amino-alcohol motifs (C(OH)–C–C–N with tert-alkyl or cyclic N) is 1. The Balaban J connectivity index is 1.86. The number of nitrogens with two attached hydrogens (primary N) is 1. The van der Waals surface area contributed by atoms with E-state index < -0.39 is 12.0 Å². The number of rotatable bonds is 3. The van der Waals surface area contributed by atoms with E-state index in [1.54, 1.807) is 17.0 Å². The summed E-state index contributed by atoms with van der Waals surface area (Å²) in [5.41, 5.74) is 6.69. The average molecular weight is 328 g/mol. The van der Waals surface area contributed by atoms with Gasteiger partial charge in [-0.25, -0.2) is 4.39 Å². The molecule has 2 aromatic rings. The summed E-state index contributed by atoms with van der Waals surface area (Å²) < 4.78 is 13.1. The van der Waals surface area contributed by atoms with Gasteiger partial charge in [0.15, 0.2) is 0 Å². The number of amides is 2. The molecular weight excluding hydrogens is 311 g/mol. The van der Waals surface area contributed by atoms with E-state index in [0.717, 1.165) is 5.56 Å². The molecule has 0 aromatic heterocycles. The lowest BCUT2D eigenvalue weighted by Crippen LogP contribution is -2.31. The van der Waals surface area contributed by atoms with Gasteiger partial charge >= 0.3 is 0 Å². The van der Waals surface area contributed by atoms with Crippen molar-refractivity contribution in [2.45, 2.75) is 18.6 Å². The number of primary amides is 1. The molecule has 1 heterocycles. The highest BCUT2D eigenvalue weighted by atomic mass is 19.1. The molecule has 0 unspecified atom stereocenters. The average Bonchev–Trinajstić information content (AvgIpc) is 2.96. The van der Waals surface area contributed by atoms with Crippen LogP contribution in [0.5, 0.6) is 0 Å². The van der Waals surface area contributed by atoms with Gasteiger partial charge in [0.2, 0.25) is 5.91 Å². The van der Waals surface area contributed by atoms with Gasteiger partial charge in [0.1, 0.15) is 5.82 Å². The van der Waals surface area contributed by atoms with E-state index in [1.165, 1.54) is 36.4 Å². The molecule has 2 aromatic carbocycles. The molecule has 0 saturated carbocycles. The fourth-order valence-corrected chi connectivity index (χ4v) is 2.98. The van der Waals surface area contributed by atoms with Crippen molar-refractivity contribution in [1.82, 2.24) is 4.90 Å². The molecule has 0 spiro atoms. The van der Waals surface area contributed by atoms with E-state index in [1.807, 2.05) is 0 Å². The third-order valence-corrected chi connectivity index (χ3v) is 4.21. The molecule has 2 atom stereocenters. The molecule has 0 bridgehead atoms. The van der Waals surface area contributed by atoms with Gasteiger partial charge in [0.05, 0.1) is 12.1 Å². The van der Waals surface area contributed by atoms with Crippen molar-refractivity contribution in [3.63, 3.8) is 0 Å². The number of benzene rings is 2. The van der Waals surface area contributed by atoms with Crippen LogP contribution in [0.15, 0.2) is 48.5 Å². The molecular formula is C18H17FN2O3. The van der Waals surface area contributed by atoms with Crippen LogP contribution >= 0.6 is 0 Å². The van der Waals surface area contributed by atoms with Crippen molar-refractivity contribution in [3.05, 3.63) is 71.0 Å². The van der Waals surface area contributed by atoms with E-state index in [0.29, 0.717) is 17.5 Å². The highest BCUT2D eigenvalue weighted by Crippen LogP contribution is 2.33. The largest absolute Gasteiger partial charge is 0.391 e. The fraction of sp³-hybridized carbons (Fsp3) is 0.222. The zero-order chi connectivity index (χ0) is 17.3. The molecule has 5 nitrogen and oxygen atoms in total. The third kappa shape index (κ3) is 3.14. The minimum absolute atomic E-state index is 0.207. The minimum Gasteiger partial charge on any atom is -0.391 e. The summed E-state index contributed by atoms with van der Waals surface area (Å²) in [7, 11) is 0. The lowest BCUT2D eigenvalue weighted by atomic mass is 10.0. The number of carbonyl (C=O) groups excluding carboxylic acids is 2. The van der Waals surface area contributed by atoms with Gasteiger partial charge in [-0.15, -0.1) is 0 Å². The van der Waals surface area contributed by atoms with Crippen LogP contribution in [0.3, 0.4) is 0 Å². The normalized spacial score (nSPS) is 20.2. The van der Waals surface area contributed by atoms with Gasteiger partial charge in [-0.05, 0) is 48.4 Å². The SMILES string of the molecule is NC(=O)c1ccc(C(=O)N2C[C@H](O)C[C@H]2c2ccc(F)cc2)cc1. The van der Waals surface area contributed by atoms with Crippen molar-refractivity contribution in [2.75, 3.05) is 6.54 Å². The highest BCUT2D eigenvalue weighted by Gasteiger charge is 2.35. The lowest BCUT2D eigenvalue weighted by Gasteiger charge is -2.25. The Bertz CT molecular complexity index is 759. The second-order valence-corrected chi connectivity index (χ2v) is 5.86. The van der Waals surface area contributed by atoms with Crippen molar-refractivity contribution in [3.8, 4) is 0 Å². The fourth-order valence-electron chi connectivity index (χ4n) is 2.98. The van der Waals surface area contributed by atoms with Crippen LogP contribution in [0.25, 0.3) is 0 Å². The van der Waals surface area contributed by atoms with Crippen molar-refractivity contribution in [2.24, 2.45) is 5.73 Å². The van der Waals surface area contributed by atoms with Crippen molar-refractivity contribution >= 4 is 11.8 Å². The molecule has 124 valence electrons. The number of aliphatic hydroxyl groups is 1. The summed E-state index contributed by atoms with van der Waals surface area (Å²) in [5, 5.41) is 9.97. The number of carbonyl (C=O) groups is 2. The zero-order valence-corrected chi connectivity index (χ0v) is 12.9. The second kappa shape index (κ2) is 6.41. The minimum atomic E-state index is -0.631. The first kappa shape index (κ1) is 16.1. The first-order chi connectivity index (χ1) is 11.5. The van der Waals surface area contributed by atoms with Gasteiger partial charge in [-0.1, -0.05) is 12.1 Å². The molecule has 1 saturated heterocycles.